The first kappa shape index (κ1) is 19.3. The summed E-state index contributed by atoms with van der Waals surface area (Å²) in [6.07, 6.45) is 2.08. The first-order valence-electron chi connectivity index (χ1n) is 8.93. The topological polar surface area (TPSA) is 79.4 Å². The summed E-state index contributed by atoms with van der Waals surface area (Å²) in [7, 11) is -3.67. The largest absolute Gasteiger partial charge is 0.301 e. The molecule has 0 unspecified atom stereocenters. The number of thiophene rings is 1. The Morgan fingerprint density at radius 1 is 1.11 bits per heavy atom. The number of hydrogen-bond donors (Lipinski definition) is 1. The van der Waals surface area contributed by atoms with Crippen molar-refractivity contribution in [2.75, 3.05) is 11.9 Å². The van der Waals surface area contributed by atoms with Gasteiger partial charge in [-0.2, -0.15) is 4.31 Å². The zero-order valence-corrected chi connectivity index (χ0v) is 17.4. The maximum atomic E-state index is 12.9. The van der Waals surface area contributed by atoms with Crippen molar-refractivity contribution < 1.29 is 13.2 Å². The molecule has 0 spiro atoms. The molecule has 0 radical (unpaired) electrons. The molecular formula is C19H19N3O3S3. The van der Waals surface area contributed by atoms with Crippen LogP contribution in [0.5, 0.6) is 0 Å². The highest BCUT2D eigenvalue weighted by Gasteiger charge is 2.38. The van der Waals surface area contributed by atoms with Crippen LogP contribution in [0.4, 0.5) is 5.13 Å². The lowest BCUT2D eigenvalue weighted by Crippen LogP contribution is -2.49. The number of benzene rings is 1. The van der Waals surface area contributed by atoms with Gasteiger partial charge in [-0.3, -0.25) is 4.79 Å². The fourth-order valence-corrected chi connectivity index (χ4v) is 6.74. The van der Waals surface area contributed by atoms with E-state index >= 15 is 0 Å². The standard InChI is InChI=1S/C19H19N3O3S3/c23-18(21-19-20-15(13-27-19)14-7-2-1-3-8-14)16-9-4-5-11-22(16)28(24,25)17-10-6-12-26-17/h1-3,6-8,10,12-13,16H,4-5,9,11H2,(H,20,21,23)/t16-/m1/s1. The summed E-state index contributed by atoms with van der Waals surface area (Å²) in [4.78, 5) is 17.4. The number of rotatable bonds is 5. The summed E-state index contributed by atoms with van der Waals surface area (Å²) in [5.74, 6) is -0.325. The Labute approximate surface area is 171 Å². The zero-order chi connectivity index (χ0) is 19.6. The molecule has 4 rings (SSSR count). The van der Waals surface area contributed by atoms with E-state index in [-0.39, 0.29) is 10.1 Å². The van der Waals surface area contributed by atoms with Gasteiger partial charge in [-0.25, -0.2) is 13.4 Å². The highest BCUT2D eigenvalue weighted by atomic mass is 32.2. The SMILES string of the molecule is O=C(Nc1nc(-c2ccccc2)cs1)[C@H]1CCCCN1S(=O)(=O)c1cccs1. The first-order valence-corrected chi connectivity index (χ1v) is 12.1. The monoisotopic (exact) mass is 433 g/mol. The van der Waals surface area contributed by atoms with Crippen LogP contribution in [0.15, 0.2) is 57.4 Å². The molecule has 3 aromatic rings. The molecule has 1 aliphatic heterocycles. The number of amides is 1. The average Bonchev–Trinajstić information content (AvgIpc) is 3.41. The number of sulfonamides is 1. The molecular weight excluding hydrogens is 414 g/mol. The van der Waals surface area contributed by atoms with Gasteiger partial charge in [0.2, 0.25) is 5.91 Å². The molecule has 3 heterocycles. The molecule has 1 saturated heterocycles. The molecule has 1 N–H and O–H groups in total. The third-order valence-electron chi connectivity index (χ3n) is 4.62. The fraction of sp³-hybridized carbons (Fsp3) is 0.263. The van der Waals surface area contributed by atoms with Gasteiger partial charge in [0, 0.05) is 17.5 Å². The van der Waals surface area contributed by atoms with Gasteiger partial charge in [0.1, 0.15) is 10.3 Å². The Morgan fingerprint density at radius 2 is 1.93 bits per heavy atom. The number of anilines is 1. The number of aromatic nitrogens is 1. The summed E-state index contributed by atoms with van der Waals surface area (Å²) < 4.78 is 27.5. The summed E-state index contributed by atoms with van der Waals surface area (Å²) in [6, 6.07) is 12.3. The second-order valence-electron chi connectivity index (χ2n) is 6.45. The van der Waals surface area contributed by atoms with Crippen LogP contribution >= 0.6 is 22.7 Å². The van der Waals surface area contributed by atoms with Crippen molar-refractivity contribution in [2.45, 2.75) is 29.5 Å². The van der Waals surface area contributed by atoms with Crippen LogP contribution in [0.25, 0.3) is 11.3 Å². The van der Waals surface area contributed by atoms with Gasteiger partial charge in [0.25, 0.3) is 10.0 Å². The molecule has 28 heavy (non-hydrogen) atoms. The van der Waals surface area contributed by atoms with Crippen LogP contribution in [-0.2, 0) is 14.8 Å². The van der Waals surface area contributed by atoms with E-state index in [2.05, 4.69) is 10.3 Å². The summed E-state index contributed by atoms with van der Waals surface area (Å²) >= 11 is 2.50. The van der Waals surface area contributed by atoms with Crippen molar-refractivity contribution in [2.24, 2.45) is 0 Å². The van der Waals surface area contributed by atoms with Crippen LogP contribution in [0.1, 0.15) is 19.3 Å². The van der Waals surface area contributed by atoms with E-state index in [4.69, 9.17) is 0 Å². The molecule has 1 aliphatic rings. The number of nitrogens with one attached hydrogen (secondary N) is 1. The van der Waals surface area contributed by atoms with Gasteiger partial charge in [-0.15, -0.1) is 22.7 Å². The summed E-state index contributed by atoms with van der Waals surface area (Å²) in [5.41, 5.74) is 1.76. The highest BCUT2D eigenvalue weighted by Crippen LogP contribution is 2.29. The van der Waals surface area contributed by atoms with Gasteiger partial charge in [0.15, 0.2) is 5.13 Å². The second-order valence-corrected chi connectivity index (χ2v) is 10.4. The Kier molecular flexibility index (Phi) is 5.58. The number of carbonyl (C=O) groups is 1. The van der Waals surface area contributed by atoms with Gasteiger partial charge in [0.05, 0.1) is 5.69 Å². The molecule has 1 amide bonds. The van der Waals surface area contributed by atoms with Crippen molar-refractivity contribution >= 4 is 43.7 Å². The third-order valence-corrected chi connectivity index (χ3v) is 8.66. The quantitative estimate of drug-likeness (QED) is 0.658. The maximum absolute atomic E-state index is 12.9. The normalized spacial score (nSPS) is 18.1. The first-order chi connectivity index (χ1) is 13.6. The van der Waals surface area contributed by atoms with E-state index in [1.54, 1.807) is 17.5 Å². The molecule has 1 fully saturated rings. The van der Waals surface area contributed by atoms with Crippen LogP contribution in [0.2, 0.25) is 0 Å². The van der Waals surface area contributed by atoms with Crippen LogP contribution < -0.4 is 5.32 Å². The Bertz CT molecular complexity index is 1050. The molecule has 0 aliphatic carbocycles. The predicted octanol–water partition coefficient (Wildman–Crippen LogP) is 4.05. The molecule has 0 bridgehead atoms. The van der Waals surface area contributed by atoms with Crippen molar-refractivity contribution in [1.82, 2.24) is 9.29 Å². The minimum Gasteiger partial charge on any atom is -0.301 e. The van der Waals surface area contributed by atoms with Crippen LogP contribution in [0.3, 0.4) is 0 Å². The smallest absolute Gasteiger partial charge is 0.253 e. The Morgan fingerprint density at radius 3 is 2.68 bits per heavy atom. The Hall–Kier alpha value is -2.07. The maximum Gasteiger partial charge on any atom is 0.253 e. The van der Waals surface area contributed by atoms with E-state index in [9.17, 15) is 13.2 Å². The van der Waals surface area contributed by atoms with Crippen molar-refractivity contribution in [3.05, 3.63) is 53.2 Å². The predicted molar refractivity (Wildman–Crippen MR) is 112 cm³/mol. The molecule has 6 nitrogen and oxygen atoms in total. The molecule has 9 heteroatoms. The van der Waals surface area contributed by atoms with E-state index in [0.29, 0.717) is 18.1 Å². The lowest BCUT2D eigenvalue weighted by atomic mass is 10.0. The Balaban J connectivity index is 1.53. The van der Waals surface area contributed by atoms with E-state index < -0.39 is 16.1 Å². The van der Waals surface area contributed by atoms with E-state index in [1.807, 2.05) is 35.7 Å². The third kappa shape index (κ3) is 3.88. The second kappa shape index (κ2) is 8.12. The van der Waals surface area contributed by atoms with Crippen molar-refractivity contribution in [3.63, 3.8) is 0 Å². The lowest BCUT2D eigenvalue weighted by Gasteiger charge is -2.32. The van der Waals surface area contributed by atoms with Crippen LogP contribution in [0, 0.1) is 0 Å². The molecule has 1 atom stereocenters. The van der Waals surface area contributed by atoms with Gasteiger partial charge >= 0.3 is 0 Å². The minimum absolute atomic E-state index is 0.271. The number of carbonyl (C=O) groups excluding carboxylic acids is 1. The number of thiazole rings is 1. The summed E-state index contributed by atoms with van der Waals surface area (Å²) in [5, 5.41) is 6.90. The van der Waals surface area contributed by atoms with Gasteiger partial charge < -0.3 is 5.32 Å². The molecule has 2 aromatic heterocycles. The minimum atomic E-state index is -3.67. The van der Waals surface area contributed by atoms with E-state index in [1.165, 1.54) is 27.0 Å². The lowest BCUT2D eigenvalue weighted by molar-refractivity contribution is -0.120. The van der Waals surface area contributed by atoms with Crippen molar-refractivity contribution in [3.8, 4) is 11.3 Å². The van der Waals surface area contributed by atoms with Gasteiger partial charge in [-0.05, 0) is 24.3 Å². The highest BCUT2D eigenvalue weighted by molar-refractivity contribution is 7.91. The van der Waals surface area contributed by atoms with Crippen molar-refractivity contribution in [1.29, 1.82) is 0 Å². The zero-order valence-electron chi connectivity index (χ0n) is 14.9. The van der Waals surface area contributed by atoms with Gasteiger partial charge in [-0.1, -0.05) is 42.8 Å². The summed E-state index contributed by atoms with van der Waals surface area (Å²) in [6.45, 7) is 0.353. The number of nitrogens with zero attached hydrogens (tertiary/aromatic N) is 2. The molecule has 1 aromatic carbocycles. The van der Waals surface area contributed by atoms with Crippen LogP contribution in [-0.4, -0.2) is 36.2 Å². The number of piperidine rings is 1. The fourth-order valence-electron chi connectivity index (χ4n) is 3.24. The molecule has 0 saturated carbocycles. The number of hydrogen-bond acceptors (Lipinski definition) is 6. The van der Waals surface area contributed by atoms with E-state index in [0.717, 1.165) is 24.1 Å². The average molecular weight is 434 g/mol. The molecule has 146 valence electrons.